The van der Waals surface area contributed by atoms with Crippen LogP contribution in [0.2, 0.25) is 0 Å². The van der Waals surface area contributed by atoms with E-state index in [1.54, 1.807) is 11.0 Å². The van der Waals surface area contributed by atoms with Gasteiger partial charge in [0.2, 0.25) is 0 Å². The van der Waals surface area contributed by atoms with Gasteiger partial charge >= 0.3 is 6.09 Å². The Morgan fingerprint density at radius 1 is 1.24 bits per heavy atom. The molecule has 5 heteroatoms. The van der Waals surface area contributed by atoms with Crippen molar-refractivity contribution in [2.75, 3.05) is 31.1 Å². The van der Waals surface area contributed by atoms with Crippen molar-refractivity contribution in [1.29, 1.82) is 0 Å². The summed E-state index contributed by atoms with van der Waals surface area (Å²) in [6.45, 7) is 15.5. The third-order valence-electron chi connectivity index (χ3n) is 3.26. The van der Waals surface area contributed by atoms with Crippen molar-refractivity contribution in [3.05, 3.63) is 35.7 Å². The van der Waals surface area contributed by atoms with Crippen LogP contribution in [0.3, 0.4) is 0 Å². The standard InChI is InChI=1S/C16H21N3O2/c1-16(2,3)21-15(20)19-10-8-18(9-11-19)14-7-5-6-13(12-14)17-4/h5-7,12H,8-11H2,1-3H3. The fourth-order valence-corrected chi connectivity index (χ4v) is 2.23. The first kappa shape index (κ1) is 15.2. The second-order valence-corrected chi connectivity index (χ2v) is 6.09. The number of hydrogen-bond donors (Lipinski definition) is 0. The normalized spacial score (nSPS) is 15.5. The van der Waals surface area contributed by atoms with Crippen molar-refractivity contribution in [2.24, 2.45) is 0 Å². The summed E-state index contributed by atoms with van der Waals surface area (Å²) >= 11 is 0. The van der Waals surface area contributed by atoms with Gasteiger partial charge in [-0.2, -0.15) is 0 Å². The second kappa shape index (κ2) is 6.04. The minimum Gasteiger partial charge on any atom is -0.444 e. The quantitative estimate of drug-likeness (QED) is 0.744. The number of benzene rings is 1. The lowest BCUT2D eigenvalue weighted by Crippen LogP contribution is -2.50. The Balaban J connectivity index is 1.94. The van der Waals surface area contributed by atoms with E-state index in [0.29, 0.717) is 18.8 Å². The number of ether oxygens (including phenoxy) is 1. The summed E-state index contributed by atoms with van der Waals surface area (Å²) < 4.78 is 5.38. The number of anilines is 1. The maximum atomic E-state index is 12.0. The molecule has 0 aliphatic carbocycles. The maximum absolute atomic E-state index is 12.0. The third-order valence-corrected chi connectivity index (χ3v) is 3.26. The fourth-order valence-electron chi connectivity index (χ4n) is 2.23. The minimum atomic E-state index is -0.460. The van der Waals surface area contributed by atoms with E-state index in [9.17, 15) is 4.79 Å². The smallest absolute Gasteiger partial charge is 0.410 e. The van der Waals surface area contributed by atoms with Gasteiger partial charge in [0, 0.05) is 31.9 Å². The predicted molar refractivity (Wildman–Crippen MR) is 82.7 cm³/mol. The lowest BCUT2D eigenvalue weighted by Gasteiger charge is -2.36. The number of carbonyl (C=O) groups excluding carboxylic acids is 1. The average Bonchev–Trinajstić information content (AvgIpc) is 2.46. The Labute approximate surface area is 125 Å². The largest absolute Gasteiger partial charge is 0.444 e. The SMILES string of the molecule is [C-]#[N+]c1cccc(N2CCN(C(=O)OC(C)(C)C)CC2)c1. The summed E-state index contributed by atoms with van der Waals surface area (Å²) in [6, 6.07) is 7.57. The molecule has 0 bridgehead atoms. The Morgan fingerprint density at radius 2 is 1.90 bits per heavy atom. The highest BCUT2D eigenvalue weighted by atomic mass is 16.6. The van der Waals surface area contributed by atoms with Crippen LogP contribution in [-0.2, 0) is 4.74 Å². The first-order chi connectivity index (χ1) is 9.89. The molecule has 112 valence electrons. The molecule has 0 N–H and O–H groups in total. The van der Waals surface area contributed by atoms with Crippen molar-refractivity contribution >= 4 is 17.5 Å². The van der Waals surface area contributed by atoms with Crippen molar-refractivity contribution in [2.45, 2.75) is 26.4 Å². The zero-order chi connectivity index (χ0) is 15.5. The number of nitrogens with zero attached hydrogens (tertiary/aromatic N) is 3. The first-order valence-electron chi connectivity index (χ1n) is 7.09. The highest BCUT2D eigenvalue weighted by molar-refractivity contribution is 5.69. The topological polar surface area (TPSA) is 37.1 Å². The van der Waals surface area contributed by atoms with E-state index in [0.717, 1.165) is 18.8 Å². The molecule has 1 aliphatic rings. The van der Waals surface area contributed by atoms with Crippen LogP contribution in [0, 0.1) is 6.57 Å². The van der Waals surface area contributed by atoms with Crippen molar-refractivity contribution in [3.63, 3.8) is 0 Å². The molecule has 1 fully saturated rings. The molecule has 0 saturated carbocycles. The summed E-state index contributed by atoms with van der Waals surface area (Å²) in [5.41, 5.74) is 1.22. The first-order valence-corrected chi connectivity index (χ1v) is 7.09. The predicted octanol–water partition coefficient (Wildman–Crippen LogP) is 3.29. The lowest BCUT2D eigenvalue weighted by molar-refractivity contribution is 0.0240. The molecule has 1 heterocycles. The molecule has 1 aromatic carbocycles. The molecule has 1 saturated heterocycles. The molecule has 1 amide bonds. The van der Waals surface area contributed by atoms with E-state index in [2.05, 4.69) is 9.74 Å². The molecule has 21 heavy (non-hydrogen) atoms. The molecule has 5 nitrogen and oxygen atoms in total. The van der Waals surface area contributed by atoms with E-state index in [-0.39, 0.29) is 6.09 Å². The highest BCUT2D eigenvalue weighted by Gasteiger charge is 2.25. The van der Waals surface area contributed by atoms with Crippen LogP contribution >= 0.6 is 0 Å². The van der Waals surface area contributed by atoms with E-state index in [4.69, 9.17) is 11.3 Å². The molecule has 0 aromatic heterocycles. The van der Waals surface area contributed by atoms with Crippen LogP contribution in [0.25, 0.3) is 4.85 Å². The fraction of sp³-hybridized carbons (Fsp3) is 0.500. The van der Waals surface area contributed by atoms with Crippen LogP contribution in [0.1, 0.15) is 20.8 Å². The number of amides is 1. The number of rotatable bonds is 1. The maximum Gasteiger partial charge on any atom is 0.410 e. The summed E-state index contributed by atoms with van der Waals surface area (Å²) in [4.78, 5) is 19.4. The molecule has 0 spiro atoms. The van der Waals surface area contributed by atoms with Crippen LogP contribution in [0.15, 0.2) is 24.3 Å². The molecule has 1 aromatic rings. The number of carbonyl (C=O) groups is 1. The zero-order valence-corrected chi connectivity index (χ0v) is 12.8. The van der Waals surface area contributed by atoms with Gasteiger partial charge in [-0.1, -0.05) is 12.1 Å². The highest BCUT2D eigenvalue weighted by Crippen LogP contribution is 2.23. The van der Waals surface area contributed by atoms with Gasteiger partial charge in [0.15, 0.2) is 5.69 Å². The van der Waals surface area contributed by atoms with Crippen LogP contribution in [-0.4, -0.2) is 42.8 Å². The van der Waals surface area contributed by atoms with Gasteiger partial charge in [0.25, 0.3) is 0 Å². The van der Waals surface area contributed by atoms with E-state index < -0.39 is 5.60 Å². The average molecular weight is 287 g/mol. The van der Waals surface area contributed by atoms with Crippen LogP contribution < -0.4 is 4.90 Å². The third kappa shape index (κ3) is 4.12. The van der Waals surface area contributed by atoms with Gasteiger partial charge < -0.3 is 14.5 Å². The van der Waals surface area contributed by atoms with E-state index >= 15 is 0 Å². The molecule has 2 rings (SSSR count). The van der Waals surface area contributed by atoms with Crippen molar-refractivity contribution < 1.29 is 9.53 Å². The Bertz CT molecular complexity index is 549. The summed E-state index contributed by atoms with van der Waals surface area (Å²) in [6.07, 6.45) is -0.253. The minimum absolute atomic E-state index is 0.253. The van der Waals surface area contributed by atoms with Gasteiger partial charge in [-0.25, -0.2) is 9.64 Å². The summed E-state index contributed by atoms with van der Waals surface area (Å²) in [7, 11) is 0. The van der Waals surface area contributed by atoms with Crippen LogP contribution in [0.4, 0.5) is 16.2 Å². The van der Waals surface area contributed by atoms with Gasteiger partial charge in [-0.15, -0.1) is 0 Å². The second-order valence-electron chi connectivity index (χ2n) is 6.09. The van der Waals surface area contributed by atoms with Crippen LogP contribution in [0.5, 0.6) is 0 Å². The Kier molecular flexibility index (Phi) is 4.37. The van der Waals surface area contributed by atoms with Gasteiger partial charge in [0.1, 0.15) is 5.60 Å². The van der Waals surface area contributed by atoms with Crippen molar-refractivity contribution in [3.8, 4) is 0 Å². The van der Waals surface area contributed by atoms with E-state index in [1.165, 1.54) is 0 Å². The molecule has 0 radical (unpaired) electrons. The lowest BCUT2D eigenvalue weighted by atomic mass is 10.2. The van der Waals surface area contributed by atoms with Crippen molar-refractivity contribution in [1.82, 2.24) is 4.90 Å². The van der Waals surface area contributed by atoms with Gasteiger partial charge in [0.05, 0.1) is 6.57 Å². The molecular weight excluding hydrogens is 266 g/mol. The molecule has 0 atom stereocenters. The van der Waals surface area contributed by atoms with Gasteiger partial charge in [-0.3, -0.25) is 0 Å². The van der Waals surface area contributed by atoms with E-state index in [1.807, 2.05) is 39.0 Å². The molecular formula is C16H21N3O2. The molecule has 0 unspecified atom stereocenters. The summed E-state index contributed by atoms with van der Waals surface area (Å²) in [5.74, 6) is 0. The summed E-state index contributed by atoms with van der Waals surface area (Å²) in [5, 5.41) is 0. The zero-order valence-electron chi connectivity index (χ0n) is 12.8. The number of piperazine rings is 1. The monoisotopic (exact) mass is 287 g/mol. The Hall–Kier alpha value is -2.22. The Morgan fingerprint density at radius 3 is 2.48 bits per heavy atom. The number of hydrogen-bond acceptors (Lipinski definition) is 3. The van der Waals surface area contributed by atoms with Gasteiger partial charge in [-0.05, 0) is 32.9 Å². The molecule has 1 aliphatic heterocycles.